The van der Waals surface area contributed by atoms with Gasteiger partial charge in [-0.25, -0.2) is 0 Å². The Morgan fingerprint density at radius 3 is 2.95 bits per heavy atom. The van der Waals surface area contributed by atoms with Crippen molar-refractivity contribution in [2.45, 2.75) is 31.7 Å². The van der Waals surface area contributed by atoms with E-state index in [-0.39, 0.29) is 17.7 Å². The number of hydrogen-bond acceptors (Lipinski definition) is 3. The molecule has 118 valence electrons. The van der Waals surface area contributed by atoms with Crippen LogP contribution in [-0.4, -0.2) is 53.2 Å². The summed E-state index contributed by atoms with van der Waals surface area (Å²) in [5, 5.41) is 12.7. The van der Waals surface area contributed by atoms with Crippen molar-refractivity contribution in [3.63, 3.8) is 0 Å². The highest BCUT2D eigenvalue weighted by molar-refractivity contribution is 6.41. The number of halogens is 2. The molecule has 0 bridgehead atoms. The SMILES string of the molecule is O=C(NCCCCN1CCCC1CO)c1cc(Cl)c(Cl)[nH]1. The van der Waals surface area contributed by atoms with Gasteiger partial charge in [-0.15, -0.1) is 0 Å². The van der Waals surface area contributed by atoms with E-state index in [1.54, 1.807) is 0 Å². The summed E-state index contributed by atoms with van der Waals surface area (Å²) in [6, 6.07) is 1.85. The van der Waals surface area contributed by atoms with E-state index in [4.69, 9.17) is 23.2 Å². The van der Waals surface area contributed by atoms with Gasteiger partial charge >= 0.3 is 0 Å². The van der Waals surface area contributed by atoms with Gasteiger partial charge < -0.3 is 15.4 Å². The molecule has 0 aliphatic carbocycles. The first-order chi connectivity index (χ1) is 10.1. The molecule has 3 N–H and O–H groups in total. The second kappa shape index (κ2) is 8.03. The molecule has 2 rings (SSSR count). The average Bonchev–Trinajstić information content (AvgIpc) is 3.05. The maximum atomic E-state index is 11.8. The fraction of sp³-hybridized carbons (Fsp3) is 0.643. The number of aliphatic hydroxyl groups excluding tert-OH is 1. The first-order valence-electron chi connectivity index (χ1n) is 7.29. The van der Waals surface area contributed by atoms with Crippen LogP contribution in [0.25, 0.3) is 0 Å². The van der Waals surface area contributed by atoms with E-state index in [9.17, 15) is 9.90 Å². The lowest BCUT2D eigenvalue weighted by Gasteiger charge is -2.22. The Labute approximate surface area is 134 Å². The summed E-state index contributed by atoms with van der Waals surface area (Å²) in [5.41, 5.74) is 0.380. The largest absolute Gasteiger partial charge is 0.395 e. The molecule has 1 fully saturated rings. The van der Waals surface area contributed by atoms with Crippen LogP contribution in [-0.2, 0) is 0 Å². The highest BCUT2D eigenvalue weighted by Crippen LogP contribution is 2.21. The molecule has 1 saturated heterocycles. The van der Waals surface area contributed by atoms with Gasteiger partial charge in [0.25, 0.3) is 5.91 Å². The molecule has 1 aromatic heterocycles. The zero-order chi connectivity index (χ0) is 15.2. The van der Waals surface area contributed by atoms with Crippen LogP contribution in [0.2, 0.25) is 10.2 Å². The molecule has 1 aromatic rings. The number of nitrogens with one attached hydrogen (secondary N) is 2. The summed E-state index contributed by atoms with van der Waals surface area (Å²) in [5.74, 6) is -0.196. The number of nitrogens with zero attached hydrogens (tertiary/aromatic N) is 1. The number of aromatic nitrogens is 1. The molecule has 1 amide bonds. The number of carbonyl (C=O) groups excluding carboxylic acids is 1. The molecule has 5 nitrogen and oxygen atoms in total. The van der Waals surface area contributed by atoms with Crippen molar-refractivity contribution < 1.29 is 9.90 Å². The number of aromatic amines is 1. The minimum atomic E-state index is -0.196. The standard InChI is InChI=1S/C14H21Cl2N3O2/c15-11-8-12(18-13(11)16)14(21)17-5-1-2-6-19-7-3-4-10(19)9-20/h8,10,18,20H,1-7,9H2,(H,17,21). The Morgan fingerprint density at radius 1 is 1.48 bits per heavy atom. The van der Waals surface area contributed by atoms with E-state index < -0.39 is 0 Å². The Hall–Kier alpha value is -0.750. The Kier molecular flexibility index (Phi) is 6.36. The van der Waals surface area contributed by atoms with E-state index in [1.807, 2.05) is 0 Å². The maximum absolute atomic E-state index is 11.8. The van der Waals surface area contributed by atoms with Gasteiger partial charge in [-0.05, 0) is 44.8 Å². The predicted molar refractivity (Wildman–Crippen MR) is 84.1 cm³/mol. The van der Waals surface area contributed by atoms with E-state index >= 15 is 0 Å². The number of rotatable bonds is 7. The minimum absolute atomic E-state index is 0.196. The lowest BCUT2D eigenvalue weighted by Crippen LogP contribution is -2.33. The van der Waals surface area contributed by atoms with Crippen LogP contribution in [0.1, 0.15) is 36.2 Å². The molecular weight excluding hydrogens is 313 g/mol. The first-order valence-corrected chi connectivity index (χ1v) is 8.04. The number of aliphatic hydroxyl groups is 1. The Balaban J connectivity index is 1.62. The molecule has 0 saturated carbocycles. The van der Waals surface area contributed by atoms with Crippen LogP contribution < -0.4 is 5.32 Å². The molecule has 21 heavy (non-hydrogen) atoms. The number of hydrogen-bond donors (Lipinski definition) is 3. The molecule has 1 aliphatic rings. The summed E-state index contributed by atoms with van der Waals surface area (Å²) in [4.78, 5) is 16.9. The number of amides is 1. The highest BCUT2D eigenvalue weighted by Gasteiger charge is 2.22. The monoisotopic (exact) mass is 333 g/mol. The van der Waals surface area contributed by atoms with E-state index in [1.165, 1.54) is 6.07 Å². The Morgan fingerprint density at radius 2 is 2.29 bits per heavy atom. The lowest BCUT2D eigenvalue weighted by molar-refractivity contribution is 0.0948. The van der Waals surface area contributed by atoms with Crippen molar-refractivity contribution >= 4 is 29.1 Å². The number of likely N-dealkylation sites (tertiary alicyclic amines) is 1. The van der Waals surface area contributed by atoms with Crippen LogP contribution in [0.3, 0.4) is 0 Å². The summed E-state index contributed by atoms with van der Waals surface area (Å²) < 4.78 is 0. The van der Waals surface area contributed by atoms with Crippen molar-refractivity contribution in [1.82, 2.24) is 15.2 Å². The summed E-state index contributed by atoms with van der Waals surface area (Å²) in [7, 11) is 0. The van der Waals surface area contributed by atoms with Crippen molar-refractivity contribution in [3.05, 3.63) is 21.9 Å². The topological polar surface area (TPSA) is 68.4 Å². The van der Waals surface area contributed by atoms with Gasteiger partial charge in [0.2, 0.25) is 0 Å². The lowest BCUT2D eigenvalue weighted by atomic mass is 10.2. The van der Waals surface area contributed by atoms with Gasteiger partial charge in [0.15, 0.2) is 0 Å². The van der Waals surface area contributed by atoms with Gasteiger partial charge in [-0.3, -0.25) is 9.69 Å². The van der Waals surface area contributed by atoms with Gasteiger partial charge in [-0.2, -0.15) is 0 Å². The highest BCUT2D eigenvalue weighted by atomic mass is 35.5. The van der Waals surface area contributed by atoms with Crippen LogP contribution >= 0.6 is 23.2 Å². The van der Waals surface area contributed by atoms with Gasteiger partial charge in [-0.1, -0.05) is 23.2 Å². The van der Waals surface area contributed by atoms with Crippen LogP contribution in [0.4, 0.5) is 0 Å². The van der Waals surface area contributed by atoms with Crippen molar-refractivity contribution in [2.75, 3.05) is 26.2 Å². The zero-order valence-electron chi connectivity index (χ0n) is 11.9. The molecular formula is C14H21Cl2N3O2. The molecule has 2 heterocycles. The molecule has 0 radical (unpaired) electrons. The van der Waals surface area contributed by atoms with Crippen molar-refractivity contribution in [3.8, 4) is 0 Å². The van der Waals surface area contributed by atoms with Crippen LogP contribution in [0.15, 0.2) is 6.07 Å². The zero-order valence-corrected chi connectivity index (χ0v) is 13.4. The number of H-pyrrole nitrogens is 1. The third-order valence-electron chi connectivity index (χ3n) is 3.84. The third-order valence-corrected chi connectivity index (χ3v) is 4.53. The summed E-state index contributed by atoms with van der Waals surface area (Å²) in [6.07, 6.45) is 4.16. The van der Waals surface area contributed by atoms with Crippen molar-refractivity contribution in [2.24, 2.45) is 0 Å². The fourth-order valence-corrected chi connectivity index (χ4v) is 2.97. The smallest absolute Gasteiger partial charge is 0.267 e. The summed E-state index contributed by atoms with van der Waals surface area (Å²) >= 11 is 11.6. The third kappa shape index (κ3) is 4.61. The molecule has 7 heteroatoms. The predicted octanol–water partition coefficient (Wildman–Crippen LogP) is 2.29. The van der Waals surface area contributed by atoms with E-state index in [0.29, 0.717) is 23.3 Å². The fourth-order valence-electron chi connectivity index (χ4n) is 2.66. The van der Waals surface area contributed by atoms with Gasteiger partial charge in [0.05, 0.1) is 11.6 Å². The quantitative estimate of drug-likeness (QED) is 0.670. The summed E-state index contributed by atoms with van der Waals surface area (Å²) in [6.45, 7) is 2.90. The van der Waals surface area contributed by atoms with E-state index in [0.717, 1.165) is 38.8 Å². The van der Waals surface area contributed by atoms with Crippen molar-refractivity contribution in [1.29, 1.82) is 0 Å². The Bertz CT molecular complexity index is 459. The van der Waals surface area contributed by atoms with Gasteiger partial charge in [0, 0.05) is 12.6 Å². The molecule has 1 unspecified atom stereocenters. The number of unbranched alkanes of at least 4 members (excludes halogenated alkanes) is 1. The first kappa shape index (κ1) is 16.6. The molecule has 0 aromatic carbocycles. The van der Waals surface area contributed by atoms with Crippen LogP contribution in [0.5, 0.6) is 0 Å². The molecule has 1 atom stereocenters. The van der Waals surface area contributed by atoms with Gasteiger partial charge in [0.1, 0.15) is 10.8 Å². The number of carbonyl (C=O) groups is 1. The average molecular weight is 334 g/mol. The second-order valence-corrected chi connectivity index (χ2v) is 6.11. The van der Waals surface area contributed by atoms with E-state index in [2.05, 4.69) is 15.2 Å². The minimum Gasteiger partial charge on any atom is -0.395 e. The molecule has 0 spiro atoms. The normalized spacial score (nSPS) is 19.1. The molecule has 1 aliphatic heterocycles. The second-order valence-electron chi connectivity index (χ2n) is 5.32. The van der Waals surface area contributed by atoms with Crippen LogP contribution in [0, 0.1) is 0 Å². The maximum Gasteiger partial charge on any atom is 0.267 e.